The minimum atomic E-state index is -0.542. The minimum absolute atomic E-state index is 0.302. The fourth-order valence-electron chi connectivity index (χ4n) is 1.55. The largest absolute Gasteiger partial charge is 0.489 e. The summed E-state index contributed by atoms with van der Waals surface area (Å²) < 4.78 is 5.56. The summed E-state index contributed by atoms with van der Waals surface area (Å²) in [5.74, 6) is 0.0340. The number of Topliss-reactive ketones (excluding diaryl/α,β-unsaturated/α-hetero) is 1. The summed E-state index contributed by atoms with van der Waals surface area (Å²) in [4.78, 5) is 21.6. The standard InChI is InChI=1S/C15H12O3/c16-10-15(17)13-7-4-8-14(9-13)18-11-12-5-2-1-3-6-12/h1-10H,11H2. The van der Waals surface area contributed by atoms with Gasteiger partial charge in [0.05, 0.1) is 0 Å². The van der Waals surface area contributed by atoms with Gasteiger partial charge in [-0.05, 0) is 17.7 Å². The van der Waals surface area contributed by atoms with Gasteiger partial charge in [-0.3, -0.25) is 9.59 Å². The van der Waals surface area contributed by atoms with E-state index in [9.17, 15) is 9.59 Å². The number of hydrogen-bond donors (Lipinski definition) is 0. The zero-order valence-electron chi connectivity index (χ0n) is 9.71. The fourth-order valence-corrected chi connectivity index (χ4v) is 1.55. The molecule has 0 atom stereocenters. The summed E-state index contributed by atoms with van der Waals surface area (Å²) in [6.07, 6.45) is 0.302. The number of ketones is 1. The molecule has 90 valence electrons. The first kappa shape index (κ1) is 12.0. The van der Waals surface area contributed by atoms with E-state index in [0.29, 0.717) is 24.2 Å². The Labute approximate surface area is 105 Å². The molecule has 2 rings (SSSR count). The third kappa shape index (κ3) is 3.04. The van der Waals surface area contributed by atoms with Crippen molar-refractivity contribution in [3.63, 3.8) is 0 Å². The van der Waals surface area contributed by atoms with E-state index in [0.717, 1.165) is 5.56 Å². The van der Waals surface area contributed by atoms with E-state index in [1.807, 2.05) is 30.3 Å². The van der Waals surface area contributed by atoms with E-state index in [4.69, 9.17) is 4.74 Å². The van der Waals surface area contributed by atoms with Gasteiger partial charge in [-0.1, -0.05) is 42.5 Å². The first-order chi connectivity index (χ1) is 8.79. The molecule has 0 radical (unpaired) electrons. The topological polar surface area (TPSA) is 43.4 Å². The van der Waals surface area contributed by atoms with Crippen molar-refractivity contribution in [2.75, 3.05) is 0 Å². The smallest absolute Gasteiger partial charge is 0.225 e. The average molecular weight is 240 g/mol. The Morgan fingerprint density at radius 2 is 1.83 bits per heavy atom. The first-order valence-corrected chi connectivity index (χ1v) is 5.56. The molecule has 0 amide bonds. The Balaban J connectivity index is 2.06. The summed E-state index contributed by atoms with van der Waals surface area (Å²) in [5, 5.41) is 0. The second kappa shape index (κ2) is 5.77. The highest BCUT2D eigenvalue weighted by Crippen LogP contribution is 2.15. The molecule has 0 N–H and O–H groups in total. The van der Waals surface area contributed by atoms with Crippen molar-refractivity contribution >= 4 is 12.1 Å². The second-order valence-electron chi connectivity index (χ2n) is 3.78. The Kier molecular flexibility index (Phi) is 3.86. The summed E-state index contributed by atoms with van der Waals surface area (Å²) >= 11 is 0. The van der Waals surface area contributed by atoms with Crippen molar-refractivity contribution in [2.24, 2.45) is 0 Å². The van der Waals surface area contributed by atoms with Crippen LogP contribution in [0.5, 0.6) is 5.75 Å². The van der Waals surface area contributed by atoms with Gasteiger partial charge in [0.1, 0.15) is 12.4 Å². The van der Waals surface area contributed by atoms with Gasteiger partial charge in [0, 0.05) is 5.56 Å². The quantitative estimate of drug-likeness (QED) is 0.458. The van der Waals surface area contributed by atoms with Gasteiger partial charge < -0.3 is 4.74 Å². The number of benzene rings is 2. The summed E-state index contributed by atoms with van der Waals surface area (Å²) in [6, 6.07) is 16.3. The number of carbonyl (C=O) groups is 2. The lowest BCUT2D eigenvalue weighted by Crippen LogP contribution is -2.01. The third-order valence-corrected chi connectivity index (χ3v) is 2.47. The van der Waals surface area contributed by atoms with Gasteiger partial charge in [-0.25, -0.2) is 0 Å². The van der Waals surface area contributed by atoms with Crippen molar-refractivity contribution in [1.29, 1.82) is 0 Å². The minimum Gasteiger partial charge on any atom is -0.489 e. The van der Waals surface area contributed by atoms with E-state index in [1.54, 1.807) is 24.3 Å². The average Bonchev–Trinajstić information content (AvgIpc) is 2.45. The van der Waals surface area contributed by atoms with Crippen molar-refractivity contribution in [3.8, 4) is 5.75 Å². The Hall–Kier alpha value is -2.42. The molecule has 0 unspecified atom stereocenters. The lowest BCUT2D eigenvalue weighted by atomic mass is 10.1. The molecule has 0 aliphatic heterocycles. The molecular weight excluding hydrogens is 228 g/mol. The van der Waals surface area contributed by atoms with E-state index >= 15 is 0 Å². The predicted octanol–water partition coefficient (Wildman–Crippen LogP) is 2.65. The fraction of sp³-hybridized carbons (Fsp3) is 0.0667. The zero-order chi connectivity index (χ0) is 12.8. The molecule has 2 aromatic rings. The van der Waals surface area contributed by atoms with E-state index in [2.05, 4.69) is 0 Å². The van der Waals surface area contributed by atoms with E-state index in [-0.39, 0.29) is 0 Å². The van der Waals surface area contributed by atoms with E-state index < -0.39 is 5.78 Å². The summed E-state index contributed by atoms with van der Waals surface area (Å²) in [7, 11) is 0. The maximum absolute atomic E-state index is 11.2. The van der Waals surface area contributed by atoms with Gasteiger partial charge in [0.2, 0.25) is 5.78 Å². The Morgan fingerprint density at radius 3 is 2.56 bits per heavy atom. The van der Waals surface area contributed by atoms with Crippen molar-refractivity contribution in [2.45, 2.75) is 6.61 Å². The molecule has 18 heavy (non-hydrogen) atoms. The molecule has 0 saturated heterocycles. The highest BCUT2D eigenvalue weighted by molar-refractivity contribution is 6.33. The van der Waals surface area contributed by atoms with Crippen molar-refractivity contribution < 1.29 is 14.3 Å². The monoisotopic (exact) mass is 240 g/mol. The van der Waals surface area contributed by atoms with Gasteiger partial charge in [-0.2, -0.15) is 0 Å². The first-order valence-electron chi connectivity index (χ1n) is 5.56. The Morgan fingerprint density at radius 1 is 1.06 bits per heavy atom. The summed E-state index contributed by atoms with van der Waals surface area (Å²) in [6.45, 7) is 0.430. The third-order valence-electron chi connectivity index (χ3n) is 2.47. The van der Waals surface area contributed by atoms with Crippen LogP contribution in [0, 0.1) is 0 Å². The molecule has 0 aliphatic rings. The highest BCUT2D eigenvalue weighted by Gasteiger charge is 2.05. The molecule has 3 heteroatoms. The highest BCUT2D eigenvalue weighted by atomic mass is 16.5. The van der Waals surface area contributed by atoms with Crippen LogP contribution < -0.4 is 4.74 Å². The van der Waals surface area contributed by atoms with Crippen LogP contribution in [0.2, 0.25) is 0 Å². The number of hydrogen-bond acceptors (Lipinski definition) is 3. The number of carbonyl (C=O) groups excluding carboxylic acids is 2. The van der Waals surface area contributed by atoms with Gasteiger partial charge in [-0.15, -0.1) is 0 Å². The molecule has 0 bridgehead atoms. The van der Waals surface area contributed by atoms with Crippen LogP contribution in [0.15, 0.2) is 54.6 Å². The summed E-state index contributed by atoms with van der Waals surface area (Å²) in [5.41, 5.74) is 1.39. The number of ether oxygens (including phenoxy) is 1. The SMILES string of the molecule is O=CC(=O)c1cccc(OCc2ccccc2)c1. The molecular formula is C15H12O3. The lowest BCUT2D eigenvalue weighted by molar-refractivity contribution is -0.104. The molecule has 0 fully saturated rings. The van der Waals surface area contributed by atoms with Gasteiger partial charge in [0.25, 0.3) is 0 Å². The molecule has 0 aromatic heterocycles. The number of rotatable bonds is 5. The maximum Gasteiger partial charge on any atom is 0.225 e. The Bertz CT molecular complexity index is 547. The molecule has 2 aromatic carbocycles. The van der Waals surface area contributed by atoms with Crippen LogP contribution in [0.25, 0.3) is 0 Å². The van der Waals surface area contributed by atoms with Gasteiger partial charge in [0.15, 0.2) is 6.29 Å². The van der Waals surface area contributed by atoms with Gasteiger partial charge >= 0.3 is 0 Å². The zero-order valence-corrected chi connectivity index (χ0v) is 9.71. The van der Waals surface area contributed by atoms with Crippen LogP contribution in [0.4, 0.5) is 0 Å². The normalized spacial score (nSPS) is 9.78. The van der Waals surface area contributed by atoms with Crippen LogP contribution in [-0.4, -0.2) is 12.1 Å². The molecule has 0 heterocycles. The van der Waals surface area contributed by atoms with Crippen LogP contribution >= 0.6 is 0 Å². The number of aldehydes is 1. The maximum atomic E-state index is 11.2. The van der Waals surface area contributed by atoms with Crippen molar-refractivity contribution in [3.05, 3.63) is 65.7 Å². The van der Waals surface area contributed by atoms with Crippen LogP contribution in [0.1, 0.15) is 15.9 Å². The molecule has 0 saturated carbocycles. The lowest BCUT2D eigenvalue weighted by Gasteiger charge is -2.06. The van der Waals surface area contributed by atoms with Crippen LogP contribution in [0.3, 0.4) is 0 Å². The van der Waals surface area contributed by atoms with Crippen molar-refractivity contribution in [1.82, 2.24) is 0 Å². The van der Waals surface area contributed by atoms with Crippen LogP contribution in [-0.2, 0) is 11.4 Å². The molecule has 0 spiro atoms. The molecule has 3 nitrogen and oxygen atoms in total. The molecule has 0 aliphatic carbocycles. The second-order valence-corrected chi connectivity index (χ2v) is 3.78. The van der Waals surface area contributed by atoms with E-state index in [1.165, 1.54) is 0 Å². The predicted molar refractivity (Wildman–Crippen MR) is 67.6 cm³/mol.